The minimum absolute atomic E-state index is 1.05. The number of hydrogen-bond donors (Lipinski definition) is 0. The second-order valence-corrected chi connectivity index (χ2v) is 27.4. The molecule has 0 saturated heterocycles. The molecule has 0 N–H and O–H groups in total. The van der Waals surface area contributed by atoms with Gasteiger partial charge in [-0.3, -0.25) is 0 Å². The van der Waals surface area contributed by atoms with Crippen LogP contribution in [0.3, 0.4) is 0 Å². The second-order valence-electron chi connectivity index (χ2n) is 27.4. The second kappa shape index (κ2) is 23.6. The molecule has 0 amide bonds. The highest BCUT2D eigenvalue weighted by molar-refractivity contribution is 6.15. The van der Waals surface area contributed by atoms with Crippen molar-refractivity contribution in [2.75, 3.05) is 9.80 Å². The monoisotopic (exact) mass is 1330 g/mol. The lowest BCUT2D eigenvalue weighted by atomic mass is 10.0. The predicted molar refractivity (Wildman–Crippen MR) is 438 cm³/mol. The zero-order valence-corrected chi connectivity index (χ0v) is 56.9. The number of nitrogens with zero attached hydrogens (tertiary/aromatic N) is 7. The molecule has 0 saturated carbocycles. The van der Waals surface area contributed by atoms with E-state index in [9.17, 15) is 0 Å². The summed E-state index contributed by atoms with van der Waals surface area (Å²) < 4.78 is 12.0. The molecule has 0 atom stereocenters. The van der Waals surface area contributed by atoms with Gasteiger partial charge in [-0.05, 0) is 224 Å². The summed E-state index contributed by atoms with van der Waals surface area (Å²) in [5.74, 6) is 0. The summed E-state index contributed by atoms with van der Waals surface area (Å²) >= 11 is 0. The molecule has 16 aromatic carbocycles. The van der Waals surface area contributed by atoms with Gasteiger partial charge < -0.3 is 32.6 Å². The smallest absolute Gasteiger partial charge is 0.0541 e. The van der Waals surface area contributed by atoms with Crippen molar-refractivity contribution in [3.63, 3.8) is 0 Å². The summed E-state index contributed by atoms with van der Waals surface area (Å²) in [4.78, 5) is 4.74. The minimum atomic E-state index is 1.05. The Morgan fingerprint density at radius 1 is 0.163 bits per heavy atom. The first kappa shape index (κ1) is 59.0. The molecule has 21 aromatic rings. The number of benzene rings is 16. The third kappa shape index (κ3) is 9.30. The molecule has 7 nitrogen and oxygen atoms in total. The lowest BCUT2D eigenvalue weighted by molar-refractivity contribution is 1.16. The molecule has 5 aromatic heterocycles. The van der Waals surface area contributed by atoms with Crippen LogP contribution in [0.2, 0.25) is 0 Å². The standard InChI is InChI=1S/C97H65N7/c1-64-34-38-67(39-35-64)98(68-40-50-73(51-41-68)100-88-26-10-2-18-78(88)79-19-3-11-27-89(79)100)69-46-56-76(57-47-69)103-94-32-16-8-24-84(94)86-62-65(36-60-96(86)103)66-37-61-97-87(63-66)85-25-9-17-33-95(85)104(97)77-58-48-72(49-59-77)99(70-42-52-74(53-43-70)101-90-28-12-4-20-80(90)81-21-5-13-29-91(81)101)71-44-54-75(55-45-71)102-92-30-14-6-22-82(92)83-23-7-15-31-93(83)102/h2-63H,1H3. The minimum Gasteiger partial charge on any atom is -0.311 e. The van der Waals surface area contributed by atoms with Crippen LogP contribution >= 0.6 is 0 Å². The molecule has 0 aliphatic carbocycles. The van der Waals surface area contributed by atoms with Crippen LogP contribution < -0.4 is 9.80 Å². The van der Waals surface area contributed by atoms with E-state index >= 15 is 0 Å². The van der Waals surface area contributed by atoms with Crippen LogP contribution in [0, 0.1) is 6.92 Å². The van der Waals surface area contributed by atoms with Gasteiger partial charge in [-0.25, -0.2) is 0 Å². The highest BCUT2D eigenvalue weighted by Gasteiger charge is 2.23. The largest absolute Gasteiger partial charge is 0.311 e. The van der Waals surface area contributed by atoms with E-state index in [1.165, 1.54) is 104 Å². The average molecular weight is 1330 g/mol. The summed E-state index contributed by atoms with van der Waals surface area (Å²) in [6.07, 6.45) is 0. The number of rotatable bonds is 12. The van der Waals surface area contributed by atoms with Crippen LogP contribution in [0.15, 0.2) is 376 Å². The Morgan fingerprint density at radius 3 is 0.548 bits per heavy atom. The summed E-state index contributed by atoms with van der Waals surface area (Å²) in [6.45, 7) is 2.15. The van der Waals surface area contributed by atoms with Gasteiger partial charge in [0, 0.05) is 116 Å². The fraction of sp³-hybridized carbons (Fsp3) is 0.0103. The fourth-order valence-electron chi connectivity index (χ4n) is 16.8. The average Bonchev–Trinajstić information content (AvgIpc) is 1.60. The fourth-order valence-corrected chi connectivity index (χ4v) is 16.8. The van der Waals surface area contributed by atoms with Crippen LogP contribution in [0.25, 0.3) is 149 Å². The zero-order chi connectivity index (χ0) is 68.5. The Hall–Kier alpha value is -13.9. The van der Waals surface area contributed by atoms with E-state index in [4.69, 9.17) is 0 Å². The highest BCUT2D eigenvalue weighted by Crippen LogP contribution is 2.44. The van der Waals surface area contributed by atoms with Crippen LogP contribution in [-0.2, 0) is 0 Å². The normalized spacial score (nSPS) is 11.9. The summed E-state index contributed by atoms with van der Waals surface area (Å²) in [6, 6.07) is 138. The van der Waals surface area contributed by atoms with Crippen LogP contribution in [0.5, 0.6) is 0 Å². The summed E-state index contributed by atoms with van der Waals surface area (Å²) in [7, 11) is 0. The first-order valence-electron chi connectivity index (χ1n) is 35.7. The molecule has 0 aliphatic rings. The maximum atomic E-state index is 2.43. The molecule has 5 heterocycles. The lowest BCUT2D eigenvalue weighted by Gasteiger charge is -2.26. The van der Waals surface area contributed by atoms with Gasteiger partial charge in [0.1, 0.15) is 0 Å². The molecule has 104 heavy (non-hydrogen) atoms. The summed E-state index contributed by atoms with van der Waals surface area (Å²) in [5.41, 5.74) is 27.3. The van der Waals surface area contributed by atoms with Gasteiger partial charge in [0.2, 0.25) is 0 Å². The highest BCUT2D eigenvalue weighted by atomic mass is 15.2. The van der Waals surface area contributed by atoms with Crippen molar-refractivity contribution in [2.24, 2.45) is 0 Å². The first-order chi connectivity index (χ1) is 51.5. The van der Waals surface area contributed by atoms with Crippen molar-refractivity contribution < 1.29 is 0 Å². The number of aromatic nitrogens is 5. The molecular formula is C97H65N7. The van der Waals surface area contributed by atoms with Crippen molar-refractivity contribution in [3.05, 3.63) is 382 Å². The number of aryl methyl sites for hydroxylation is 1. The van der Waals surface area contributed by atoms with E-state index in [2.05, 4.69) is 416 Å². The van der Waals surface area contributed by atoms with Gasteiger partial charge in [-0.1, -0.05) is 175 Å². The van der Waals surface area contributed by atoms with Crippen molar-refractivity contribution in [2.45, 2.75) is 6.92 Å². The van der Waals surface area contributed by atoms with Gasteiger partial charge >= 0.3 is 0 Å². The topological polar surface area (TPSA) is 31.1 Å². The van der Waals surface area contributed by atoms with E-state index in [1.807, 2.05) is 0 Å². The molecule has 488 valence electrons. The molecule has 21 rings (SSSR count). The molecule has 7 heteroatoms. The maximum Gasteiger partial charge on any atom is 0.0541 e. The Labute approximate surface area is 600 Å². The molecule has 0 fully saturated rings. The maximum absolute atomic E-state index is 2.43. The number of hydrogen-bond acceptors (Lipinski definition) is 2. The van der Waals surface area contributed by atoms with E-state index in [0.29, 0.717) is 0 Å². The van der Waals surface area contributed by atoms with Gasteiger partial charge in [0.15, 0.2) is 0 Å². The molecule has 0 bridgehead atoms. The van der Waals surface area contributed by atoms with Crippen molar-refractivity contribution >= 4 is 143 Å². The van der Waals surface area contributed by atoms with E-state index in [1.54, 1.807) is 0 Å². The van der Waals surface area contributed by atoms with Crippen molar-refractivity contribution in [3.8, 4) is 39.6 Å². The molecular weight excluding hydrogens is 1260 g/mol. The van der Waals surface area contributed by atoms with Crippen molar-refractivity contribution in [1.82, 2.24) is 22.8 Å². The SMILES string of the molecule is Cc1ccc(N(c2ccc(-n3c4ccccc4c4ccccc43)cc2)c2ccc(-n3c4ccccc4c4cc(-c5ccc6c(c5)c5ccccc5n6-c5ccc(N(c6ccc(-n7c8ccccc8c8ccccc87)cc6)c6ccc(-n7c8ccccc8c8ccccc87)cc6)cc5)ccc43)cc2)cc1. The van der Waals surface area contributed by atoms with E-state index in [0.717, 1.165) is 84.6 Å². The van der Waals surface area contributed by atoms with E-state index < -0.39 is 0 Å². The Morgan fingerprint density at radius 2 is 0.337 bits per heavy atom. The first-order valence-corrected chi connectivity index (χ1v) is 35.7. The van der Waals surface area contributed by atoms with Gasteiger partial charge in [0.05, 0.1) is 55.2 Å². The molecule has 0 spiro atoms. The lowest BCUT2D eigenvalue weighted by Crippen LogP contribution is -2.10. The Balaban J connectivity index is 0.620. The molecule has 0 radical (unpaired) electrons. The number of fused-ring (bicyclic) bond motifs is 15. The van der Waals surface area contributed by atoms with Crippen LogP contribution in [-0.4, -0.2) is 22.8 Å². The zero-order valence-electron chi connectivity index (χ0n) is 56.9. The Bertz CT molecular complexity index is 6630. The third-order valence-corrected chi connectivity index (χ3v) is 21.5. The number of anilines is 6. The third-order valence-electron chi connectivity index (χ3n) is 21.5. The van der Waals surface area contributed by atoms with Gasteiger partial charge in [-0.2, -0.15) is 0 Å². The number of para-hydroxylation sites is 8. The molecule has 0 unspecified atom stereocenters. The molecule has 0 aliphatic heterocycles. The van der Waals surface area contributed by atoms with Crippen molar-refractivity contribution in [1.29, 1.82) is 0 Å². The van der Waals surface area contributed by atoms with Crippen LogP contribution in [0.1, 0.15) is 5.56 Å². The Kier molecular flexibility index (Phi) is 13.4. The van der Waals surface area contributed by atoms with Gasteiger partial charge in [-0.15, -0.1) is 0 Å². The van der Waals surface area contributed by atoms with Gasteiger partial charge in [0.25, 0.3) is 0 Å². The van der Waals surface area contributed by atoms with E-state index in [-0.39, 0.29) is 0 Å². The summed E-state index contributed by atoms with van der Waals surface area (Å²) in [5, 5.41) is 12.3. The quantitative estimate of drug-likeness (QED) is 0.122. The predicted octanol–water partition coefficient (Wildman–Crippen LogP) is 26.1. The van der Waals surface area contributed by atoms with Crippen LogP contribution in [0.4, 0.5) is 34.1 Å².